The Morgan fingerprint density at radius 1 is 1.53 bits per heavy atom. The molecule has 0 bridgehead atoms. The van der Waals surface area contributed by atoms with Crippen LogP contribution in [0.5, 0.6) is 5.75 Å². The molecule has 1 aromatic carbocycles. The number of benzene rings is 1. The van der Waals surface area contributed by atoms with Crippen LogP contribution in [-0.4, -0.2) is 17.3 Å². The second-order valence-corrected chi connectivity index (χ2v) is 5.04. The first-order valence-corrected chi connectivity index (χ1v) is 6.07. The second-order valence-electron chi connectivity index (χ2n) is 4.12. The third-order valence-electron chi connectivity index (χ3n) is 2.36. The Bertz CT molecular complexity index is 345. The number of halogens is 1. The summed E-state index contributed by atoms with van der Waals surface area (Å²) in [5.74, 6) is 0.918. The van der Waals surface area contributed by atoms with Gasteiger partial charge in [0.25, 0.3) is 0 Å². The predicted molar refractivity (Wildman–Crippen MR) is 63.2 cm³/mol. The van der Waals surface area contributed by atoms with Crippen molar-refractivity contribution >= 4 is 15.9 Å². The molecule has 0 spiro atoms. The number of hydrogen-bond acceptors (Lipinski definition) is 2. The highest BCUT2D eigenvalue weighted by atomic mass is 79.9. The van der Waals surface area contributed by atoms with Crippen molar-refractivity contribution in [3.8, 4) is 5.75 Å². The van der Waals surface area contributed by atoms with E-state index in [-0.39, 0.29) is 6.10 Å². The van der Waals surface area contributed by atoms with Crippen LogP contribution < -0.4 is 4.74 Å². The Kier molecular flexibility index (Phi) is 3.32. The van der Waals surface area contributed by atoms with Gasteiger partial charge in [-0.2, -0.15) is 0 Å². The third-order valence-corrected chi connectivity index (χ3v) is 2.85. The van der Waals surface area contributed by atoms with Crippen molar-refractivity contribution in [2.75, 3.05) is 0 Å². The highest BCUT2D eigenvalue weighted by molar-refractivity contribution is 9.10. The van der Waals surface area contributed by atoms with Crippen molar-refractivity contribution in [1.82, 2.24) is 0 Å². The summed E-state index contributed by atoms with van der Waals surface area (Å²) in [6.07, 6.45) is 3.02. The largest absolute Gasteiger partial charge is 0.490 e. The van der Waals surface area contributed by atoms with Crippen LogP contribution in [0.15, 0.2) is 22.7 Å². The average molecular weight is 271 g/mol. The summed E-state index contributed by atoms with van der Waals surface area (Å²) >= 11 is 3.43. The molecule has 1 N–H and O–H groups in total. The lowest BCUT2D eigenvalue weighted by Gasteiger charge is -2.12. The first-order valence-electron chi connectivity index (χ1n) is 5.28. The molecule has 1 aliphatic carbocycles. The van der Waals surface area contributed by atoms with Gasteiger partial charge >= 0.3 is 0 Å². The van der Waals surface area contributed by atoms with Crippen LogP contribution in [0.4, 0.5) is 0 Å². The fourth-order valence-electron chi connectivity index (χ4n) is 1.51. The predicted octanol–water partition coefficient (Wildman–Crippen LogP) is 2.91. The van der Waals surface area contributed by atoms with Gasteiger partial charge in [-0.05, 0) is 43.5 Å². The number of aliphatic hydroxyl groups is 1. The maximum atomic E-state index is 9.40. The molecule has 3 heteroatoms. The average Bonchev–Trinajstić information content (AvgIpc) is 2.92. The van der Waals surface area contributed by atoms with Crippen LogP contribution >= 0.6 is 15.9 Å². The summed E-state index contributed by atoms with van der Waals surface area (Å²) in [6, 6.07) is 5.97. The number of rotatable bonds is 4. The van der Waals surface area contributed by atoms with E-state index in [1.165, 1.54) is 0 Å². The monoisotopic (exact) mass is 270 g/mol. The van der Waals surface area contributed by atoms with Crippen molar-refractivity contribution in [2.45, 2.75) is 38.4 Å². The molecule has 1 unspecified atom stereocenters. The summed E-state index contributed by atoms with van der Waals surface area (Å²) in [4.78, 5) is 0. The summed E-state index contributed by atoms with van der Waals surface area (Å²) in [7, 11) is 0. The van der Waals surface area contributed by atoms with E-state index in [1.54, 1.807) is 6.92 Å². The van der Waals surface area contributed by atoms with Gasteiger partial charge in [0.15, 0.2) is 0 Å². The molecule has 82 valence electrons. The Balaban J connectivity index is 2.17. The Hall–Kier alpha value is -0.540. The van der Waals surface area contributed by atoms with E-state index in [2.05, 4.69) is 15.9 Å². The SMILES string of the molecule is CC(O)Cc1cc(Br)ccc1OC1CC1. The molecule has 1 aromatic rings. The van der Waals surface area contributed by atoms with E-state index in [1.807, 2.05) is 18.2 Å². The van der Waals surface area contributed by atoms with Gasteiger partial charge in [-0.3, -0.25) is 0 Å². The highest BCUT2D eigenvalue weighted by Gasteiger charge is 2.24. The van der Waals surface area contributed by atoms with E-state index in [4.69, 9.17) is 4.74 Å². The van der Waals surface area contributed by atoms with Crippen LogP contribution in [0.25, 0.3) is 0 Å². The molecule has 0 saturated heterocycles. The first kappa shape index (κ1) is 11.0. The van der Waals surface area contributed by atoms with Crippen LogP contribution in [0.1, 0.15) is 25.3 Å². The molecule has 0 heterocycles. The van der Waals surface area contributed by atoms with E-state index in [0.717, 1.165) is 28.6 Å². The van der Waals surface area contributed by atoms with Crippen LogP contribution in [-0.2, 0) is 6.42 Å². The lowest BCUT2D eigenvalue weighted by molar-refractivity contribution is 0.193. The fourth-order valence-corrected chi connectivity index (χ4v) is 1.91. The number of hydrogen-bond donors (Lipinski definition) is 1. The van der Waals surface area contributed by atoms with E-state index < -0.39 is 0 Å². The summed E-state index contributed by atoms with van der Waals surface area (Å²) in [5, 5.41) is 9.40. The molecule has 2 nitrogen and oxygen atoms in total. The summed E-state index contributed by atoms with van der Waals surface area (Å²) in [5.41, 5.74) is 1.08. The van der Waals surface area contributed by atoms with Crippen molar-refractivity contribution in [2.24, 2.45) is 0 Å². The minimum atomic E-state index is -0.333. The molecule has 1 atom stereocenters. The van der Waals surface area contributed by atoms with Crippen molar-refractivity contribution in [3.05, 3.63) is 28.2 Å². The highest BCUT2D eigenvalue weighted by Crippen LogP contribution is 2.31. The summed E-state index contributed by atoms with van der Waals surface area (Å²) in [6.45, 7) is 1.79. The standard InChI is InChI=1S/C12H15BrO2/c1-8(14)6-9-7-10(13)2-5-12(9)15-11-3-4-11/h2,5,7-8,11,14H,3-4,6H2,1H3. The molecule has 1 fully saturated rings. The van der Waals surface area contributed by atoms with Crippen molar-refractivity contribution in [1.29, 1.82) is 0 Å². The van der Waals surface area contributed by atoms with Gasteiger partial charge in [-0.15, -0.1) is 0 Å². The van der Waals surface area contributed by atoms with E-state index >= 15 is 0 Å². The van der Waals surface area contributed by atoms with Gasteiger partial charge < -0.3 is 9.84 Å². The Morgan fingerprint density at radius 2 is 2.27 bits per heavy atom. The molecule has 0 aliphatic heterocycles. The molecule has 15 heavy (non-hydrogen) atoms. The van der Waals surface area contributed by atoms with Crippen molar-refractivity contribution in [3.63, 3.8) is 0 Å². The second kappa shape index (κ2) is 4.54. The smallest absolute Gasteiger partial charge is 0.123 e. The van der Waals surface area contributed by atoms with Crippen LogP contribution in [0.3, 0.4) is 0 Å². The molecule has 0 amide bonds. The maximum Gasteiger partial charge on any atom is 0.123 e. The molecule has 0 aromatic heterocycles. The van der Waals surface area contributed by atoms with Gasteiger partial charge in [-0.1, -0.05) is 15.9 Å². The van der Waals surface area contributed by atoms with Gasteiger partial charge in [0, 0.05) is 10.9 Å². The molecular formula is C12H15BrO2. The van der Waals surface area contributed by atoms with Crippen LogP contribution in [0, 0.1) is 0 Å². The fraction of sp³-hybridized carbons (Fsp3) is 0.500. The van der Waals surface area contributed by atoms with E-state index in [0.29, 0.717) is 12.5 Å². The lowest BCUT2D eigenvalue weighted by atomic mass is 10.1. The number of ether oxygens (including phenoxy) is 1. The van der Waals surface area contributed by atoms with Crippen molar-refractivity contribution < 1.29 is 9.84 Å². The van der Waals surface area contributed by atoms with Gasteiger partial charge in [0.2, 0.25) is 0 Å². The quantitative estimate of drug-likeness (QED) is 0.912. The van der Waals surface area contributed by atoms with Crippen LogP contribution in [0.2, 0.25) is 0 Å². The van der Waals surface area contributed by atoms with E-state index in [9.17, 15) is 5.11 Å². The minimum absolute atomic E-state index is 0.333. The maximum absolute atomic E-state index is 9.40. The van der Waals surface area contributed by atoms with Gasteiger partial charge in [-0.25, -0.2) is 0 Å². The lowest BCUT2D eigenvalue weighted by Crippen LogP contribution is -2.07. The Labute approximate surface area is 98.4 Å². The summed E-state index contributed by atoms with van der Waals surface area (Å²) < 4.78 is 6.81. The zero-order valence-corrected chi connectivity index (χ0v) is 10.3. The zero-order chi connectivity index (χ0) is 10.8. The minimum Gasteiger partial charge on any atom is -0.490 e. The molecule has 2 rings (SSSR count). The van der Waals surface area contributed by atoms with Gasteiger partial charge in [0.05, 0.1) is 12.2 Å². The topological polar surface area (TPSA) is 29.5 Å². The van der Waals surface area contributed by atoms with Gasteiger partial charge in [0.1, 0.15) is 5.75 Å². The molecule has 0 radical (unpaired) electrons. The normalized spacial score (nSPS) is 17.5. The first-order chi connectivity index (χ1) is 7.15. The molecule has 1 aliphatic rings. The molecular weight excluding hydrogens is 256 g/mol. The third kappa shape index (κ3) is 3.21. The number of aliphatic hydroxyl groups excluding tert-OH is 1. The zero-order valence-electron chi connectivity index (χ0n) is 8.74. The Morgan fingerprint density at radius 3 is 2.87 bits per heavy atom. The molecule has 1 saturated carbocycles.